The van der Waals surface area contributed by atoms with Crippen LogP contribution in [0.2, 0.25) is 0 Å². The van der Waals surface area contributed by atoms with Crippen molar-refractivity contribution in [1.29, 1.82) is 0 Å². The Morgan fingerprint density at radius 1 is 1.09 bits per heavy atom. The molecule has 22 heavy (non-hydrogen) atoms. The van der Waals surface area contributed by atoms with E-state index < -0.39 is 17.8 Å². The second-order valence-electron chi connectivity index (χ2n) is 6.06. The van der Waals surface area contributed by atoms with E-state index in [0.717, 1.165) is 23.3 Å². The molecule has 1 amide bonds. The number of carbonyl (C=O) groups is 2. The minimum Gasteiger partial charge on any atom is -0.481 e. The number of amides is 1. The van der Waals surface area contributed by atoms with Gasteiger partial charge in [-0.1, -0.05) is 30.2 Å². The zero-order valence-electron chi connectivity index (χ0n) is 13.3. The van der Waals surface area contributed by atoms with Gasteiger partial charge in [0.25, 0.3) is 0 Å². The molecule has 4 nitrogen and oxygen atoms in total. The molecule has 0 saturated carbocycles. The first-order valence-electron chi connectivity index (χ1n) is 7.70. The van der Waals surface area contributed by atoms with Crippen molar-refractivity contribution < 1.29 is 14.7 Å². The van der Waals surface area contributed by atoms with Crippen molar-refractivity contribution in [3.8, 4) is 0 Å². The maximum atomic E-state index is 12.5. The fraction of sp³-hybridized carbons (Fsp3) is 0.444. The van der Waals surface area contributed by atoms with Gasteiger partial charge < -0.3 is 10.4 Å². The minimum absolute atomic E-state index is 0.205. The van der Waals surface area contributed by atoms with Crippen molar-refractivity contribution in [3.05, 3.63) is 41.0 Å². The molecule has 0 unspecified atom stereocenters. The molecule has 0 heterocycles. The Kier molecular flexibility index (Phi) is 5.01. The number of carboxylic acids is 1. The number of aryl methyl sites for hydroxylation is 1. The molecule has 2 rings (SSSR count). The van der Waals surface area contributed by atoms with Crippen molar-refractivity contribution >= 4 is 17.6 Å². The van der Waals surface area contributed by atoms with Crippen LogP contribution in [-0.4, -0.2) is 17.0 Å². The van der Waals surface area contributed by atoms with Crippen LogP contribution in [0.3, 0.4) is 0 Å². The van der Waals surface area contributed by atoms with Crippen molar-refractivity contribution in [1.82, 2.24) is 0 Å². The zero-order chi connectivity index (χ0) is 16.3. The summed E-state index contributed by atoms with van der Waals surface area (Å²) in [6.45, 7) is 6.00. The predicted octanol–water partition coefficient (Wildman–Crippen LogP) is 3.63. The van der Waals surface area contributed by atoms with E-state index in [0.29, 0.717) is 12.8 Å². The van der Waals surface area contributed by atoms with Crippen LogP contribution in [0.4, 0.5) is 5.69 Å². The molecule has 0 spiro atoms. The lowest BCUT2D eigenvalue weighted by atomic mass is 9.76. The zero-order valence-corrected chi connectivity index (χ0v) is 13.3. The molecule has 0 radical (unpaired) electrons. The van der Waals surface area contributed by atoms with Crippen molar-refractivity contribution in [2.24, 2.45) is 11.8 Å². The summed E-state index contributed by atoms with van der Waals surface area (Å²) in [5.41, 5.74) is 4.13. The second-order valence-corrected chi connectivity index (χ2v) is 6.06. The third-order valence-corrected chi connectivity index (χ3v) is 4.55. The lowest BCUT2D eigenvalue weighted by Gasteiger charge is -2.29. The van der Waals surface area contributed by atoms with Crippen LogP contribution in [0.25, 0.3) is 0 Å². The molecule has 118 valence electrons. The van der Waals surface area contributed by atoms with Gasteiger partial charge in [0, 0.05) is 5.69 Å². The molecular formula is C18H23NO3. The number of benzene rings is 1. The van der Waals surface area contributed by atoms with Gasteiger partial charge in [-0.15, -0.1) is 0 Å². The Morgan fingerprint density at radius 3 is 2.14 bits per heavy atom. The normalized spacial score (nSPS) is 21.6. The lowest BCUT2D eigenvalue weighted by Crippen LogP contribution is -2.36. The average Bonchev–Trinajstić information content (AvgIpc) is 2.50. The topological polar surface area (TPSA) is 66.4 Å². The number of carboxylic acid groups (broad SMARTS) is 1. The fourth-order valence-corrected chi connectivity index (χ4v) is 2.89. The van der Waals surface area contributed by atoms with Crippen LogP contribution in [0, 0.1) is 11.8 Å². The van der Waals surface area contributed by atoms with Crippen LogP contribution >= 0.6 is 0 Å². The van der Waals surface area contributed by atoms with Gasteiger partial charge in [0.2, 0.25) is 5.91 Å². The summed E-state index contributed by atoms with van der Waals surface area (Å²) in [5, 5.41) is 12.3. The van der Waals surface area contributed by atoms with Gasteiger partial charge in [-0.2, -0.15) is 0 Å². The first kappa shape index (κ1) is 16.3. The van der Waals surface area contributed by atoms with Crippen LogP contribution in [0.15, 0.2) is 35.4 Å². The van der Waals surface area contributed by atoms with Crippen molar-refractivity contribution in [2.75, 3.05) is 5.32 Å². The highest BCUT2D eigenvalue weighted by atomic mass is 16.4. The third kappa shape index (κ3) is 3.56. The van der Waals surface area contributed by atoms with Crippen LogP contribution in [0.1, 0.15) is 39.2 Å². The van der Waals surface area contributed by atoms with Crippen molar-refractivity contribution in [3.63, 3.8) is 0 Å². The summed E-state index contributed by atoms with van der Waals surface area (Å²) in [6.07, 6.45) is 1.91. The summed E-state index contributed by atoms with van der Waals surface area (Å²) < 4.78 is 0. The maximum Gasteiger partial charge on any atom is 0.307 e. The summed E-state index contributed by atoms with van der Waals surface area (Å²) in [6, 6.07) is 7.67. The Hall–Kier alpha value is -2.10. The van der Waals surface area contributed by atoms with E-state index in [2.05, 4.69) is 12.2 Å². The van der Waals surface area contributed by atoms with Gasteiger partial charge in [-0.05, 0) is 50.8 Å². The number of anilines is 1. The lowest BCUT2D eigenvalue weighted by molar-refractivity contribution is -0.146. The second kappa shape index (κ2) is 6.77. The summed E-state index contributed by atoms with van der Waals surface area (Å²) in [7, 11) is 0. The summed E-state index contributed by atoms with van der Waals surface area (Å²) >= 11 is 0. The van der Waals surface area contributed by atoms with E-state index in [-0.39, 0.29) is 5.91 Å². The minimum atomic E-state index is -0.895. The largest absolute Gasteiger partial charge is 0.481 e. The van der Waals surface area contributed by atoms with Crippen LogP contribution < -0.4 is 5.32 Å². The number of hydrogen-bond acceptors (Lipinski definition) is 2. The van der Waals surface area contributed by atoms with Gasteiger partial charge in [0.05, 0.1) is 11.8 Å². The average molecular weight is 301 g/mol. The Morgan fingerprint density at radius 2 is 1.64 bits per heavy atom. The standard InChI is InChI=1S/C18H23NO3/c1-4-13-5-7-14(8-6-13)19-17(20)15-9-11(2)12(3)10-16(15)18(21)22/h5-8,15-16H,4,9-10H2,1-3H3,(H,19,20)(H,21,22)/t15-,16-/m0/s1. The molecule has 2 N–H and O–H groups in total. The quantitative estimate of drug-likeness (QED) is 0.834. The molecule has 1 aliphatic carbocycles. The van der Waals surface area contributed by atoms with E-state index >= 15 is 0 Å². The molecular weight excluding hydrogens is 278 g/mol. The van der Waals surface area contributed by atoms with E-state index in [9.17, 15) is 14.7 Å². The molecule has 0 aromatic heterocycles. The van der Waals surface area contributed by atoms with Gasteiger partial charge >= 0.3 is 5.97 Å². The highest BCUT2D eigenvalue weighted by molar-refractivity contribution is 5.95. The van der Waals surface area contributed by atoms with E-state index in [1.807, 2.05) is 38.1 Å². The van der Waals surface area contributed by atoms with Crippen molar-refractivity contribution in [2.45, 2.75) is 40.0 Å². The van der Waals surface area contributed by atoms with E-state index in [1.165, 1.54) is 5.56 Å². The Balaban J connectivity index is 2.14. The number of carbonyl (C=O) groups excluding carboxylic acids is 1. The molecule has 4 heteroatoms. The van der Waals surface area contributed by atoms with Crippen LogP contribution in [0.5, 0.6) is 0 Å². The molecule has 0 bridgehead atoms. The number of allylic oxidation sites excluding steroid dienone is 2. The highest BCUT2D eigenvalue weighted by Crippen LogP contribution is 2.35. The summed E-state index contributed by atoms with van der Waals surface area (Å²) in [4.78, 5) is 23.9. The smallest absolute Gasteiger partial charge is 0.307 e. The number of hydrogen-bond donors (Lipinski definition) is 2. The Labute approximate surface area is 131 Å². The number of rotatable bonds is 4. The van der Waals surface area contributed by atoms with Gasteiger partial charge in [-0.3, -0.25) is 9.59 Å². The number of nitrogens with one attached hydrogen (secondary N) is 1. The Bertz CT molecular complexity index is 601. The molecule has 0 fully saturated rings. The SMILES string of the molecule is CCc1ccc(NC(=O)[C@H]2CC(C)=C(C)C[C@@H]2C(=O)O)cc1. The molecule has 2 atom stereocenters. The fourth-order valence-electron chi connectivity index (χ4n) is 2.89. The molecule has 0 aliphatic heterocycles. The molecule has 1 aliphatic rings. The highest BCUT2D eigenvalue weighted by Gasteiger charge is 2.37. The molecule has 0 saturated heterocycles. The maximum absolute atomic E-state index is 12.5. The first-order chi connectivity index (χ1) is 10.4. The monoisotopic (exact) mass is 301 g/mol. The van der Waals surface area contributed by atoms with E-state index in [4.69, 9.17) is 0 Å². The van der Waals surface area contributed by atoms with Gasteiger partial charge in [-0.25, -0.2) is 0 Å². The molecule has 1 aromatic carbocycles. The van der Waals surface area contributed by atoms with Gasteiger partial charge in [0.1, 0.15) is 0 Å². The predicted molar refractivity (Wildman–Crippen MR) is 86.7 cm³/mol. The summed E-state index contributed by atoms with van der Waals surface area (Å²) in [5.74, 6) is -2.25. The first-order valence-corrected chi connectivity index (χ1v) is 7.70. The third-order valence-electron chi connectivity index (χ3n) is 4.55. The molecule has 1 aromatic rings. The van der Waals surface area contributed by atoms with E-state index in [1.54, 1.807) is 0 Å². The van der Waals surface area contributed by atoms with Gasteiger partial charge in [0.15, 0.2) is 0 Å². The number of aliphatic carboxylic acids is 1. The van der Waals surface area contributed by atoms with Crippen LogP contribution in [-0.2, 0) is 16.0 Å².